The first-order valence-electron chi connectivity index (χ1n) is 19.6. The highest BCUT2D eigenvalue weighted by molar-refractivity contribution is 6.16. The van der Waals surface area contributed by atoms with E-state index in [1.807, 2.05) is 30.3 Å². The number of hydrogen-bond acceptors (Lipinski definition) is 4. The van der Waals surface area contributed by atoms with Crippen LogP contribution in [0.1, 0.15) is 40.8 Å². The summed E-state index contributed by atoms with van der Waals surface area (Å²) >= 11 is 0. The van der Waals surface area contributed by atoms with Crippen molar-refractivity contribution in [1.29, 1.82) is 0 Å². The minimum absolute atomic E-state index is 0.333. The average Bonchev–Trinajstić information content (AvgIpc) is 3.67. The van der Waals surface area contributed by atoms with Crippen molar-refractivity contribution in [2.45, 2.75) is 18.5 Å². The zero-order chi connectivity index (χ0) is 37.7. The van der Waals surface area contributed by atoms with Gasteiger partial charge in [0.2, 0.25) is 0 Å². The molecular weight excluding hydrogens is 695 g/mol. The molecule has 57 heavy (non-hydrogen) atoms. The maximum atomic E-state index is 6.58. The van der Waals surface area contributed by atoms with Crippen molar-refractivity contribution in [2.75, 3.05) is 0 Å². The van der Waals surface area contributed by atoms with Crippen molar-refractivity contribution < 1.29 is 4.42 Å². The number of hydrogen-bond donors (Lipinski definition) is 1. The van der Waals surface area contributed by atoms with Gasteiger partial charge in [-0.3, -0.25) is 0 Å². The molecule has 1 aromatic heterocycles. The quantitative estimate of drug-likeness (QED) is 0.185. The third-order valence-electron chi connectivity index (χ3n) is 11.4. The lowest BCUT2D eigenvalue weighted by Crippen LogP contribution is -2.36. The smallest absolute Gasteiger partial charge is 0.169 e. The zero-order valence-electron chi connectivity index (χ0n) is 31.1. The average molecular weight is 732 g/mol. The number of amidine groups is 2. The first-order valence-corrected chi connectivity index (χ1v) is 19.6. The van der Waals surface area contributed by atoms with Crippen LogP contribution in [0.3, 0.4) is 0 Å². The molecule has 4 heteroatoms. The summed E-state index contributed by atoms with van der Waals surface area (Å²) < 4.78 is 6.58. The van der Waals surface area contributed by atoms with Crippen LogP contribution in [-0.2, 0) is 0 Å². The molecule has 11 rings (SSSR count). The SMILES string of the molecule is C1=c2ccccc2=CC(c2ccc(C3=NC(c4cc(-c5ccc(-c6ccc7ccccc7c6)cc5)c5c(c4)oc4ccccc45)N=C(c4ccccc4)N3)cc2)C1. The number of fused-ring (bicyclic) bond motifs is 5. The van der Waals surface area contributed by atoms with E-state index in [0.29, 0.717) is 5.92 Å². The van der Waals surface area contributed by atoms with Crippen LogP contribution in [0.15, 0.2) is 196 Å². The van der Waals surface area contributed by atoms with Crippen molar-refractivity contribution in [3.8, 4) is 22.3 Å². The molecule has 2 atom stereocenters. The van der Waals surface area contributed by atoms with Gasteiger partial charge in [-0.25, -0.2) is 9.98 Å². The maximum absolute atomic E-state index is 6.58. The summed E-state index contributed by atoms with van der Waals surface area (Å²) in [6.45, 7) is 0. The largest absolute Gasteiger partial charge is 0.456 e. The molecule has 270 valence electrons. The van der Waals surface area contributed by atoms with Gasteiger partial charge in [-0.2, -0.15) is 0 Å². The van der Waals surface area contributed by atoms with Crippen LogP contribution in [0.4, 0.5) is 0 Å². The molecule has 8 aromatic carbocycles. The van der Waals surface area contributed by atoms with Gasteiger partial charge >= 0.3 is 0 Å². The molecule has 0 radical (unpaired) electrons. The van der Waals surface area contributed by atoms with E-state index in [4.69, 9.17) is 14.4 Å². The number of furan rings is 1. The molecule has 0 amide bonds. The summed E-state index contributed by atoms with van der Waals surface area (Å²) in [5, 5.41) is 10.9. The van der Waals surface area contributed by atoms with Gasteiger partial charge in [-0.15, -0.1) is 0 Å². The van der Waals surface area contributed by atoms with E-state index >= 15 is 0 Å². The molecule has 0 fully saturated rings. The minimum atomic E-state index is -0.498. The number of aliphatic imine (C=N–C) groups is 2. The predicted octanol–water partition coefficient (Wildman–Crippen LogP) is 11.3. The lowest BCUT2D eigenvalue weighted by Gasteiger charge is -2.23. The van der Waals surface area contributed by atoms with Crippen LogP contribution in [0.5, 0.6) is 0 Å². The standard InChI is InChI=1S/C53H37N3O/c1-2-12-39(13-3-1)51-54-52(40-26-20-37(21-27-40)44-29-23-35-11-5-7-15-42(35)31-44)56-53(55-51)45-32-47(50-46-16-8-9-17-48(46)57-49(50)33-45)38-24-18-36(19-25-38)43-28-22-34-10-4-6-14-41(34)30-43/h1-28,30-33,44,53H,29H2,(H,54,55,56). The zero-order valence-corrected chi connectivity index (χ0v) is 31.1. The fourth-order valence-corrected chi connectivity index (χ4v) is 8.46. The second-order valence-corrected chi connectivity index (χ2v) is 15.0. The topological polar surface area (TPSA) is 49.9 Å². The highest BCUT2D eigenvalue weighted by Gasteiger charge is 2.24. The second-order valence-electron chi connectivity index (χ2n) is 15.0. The number of para-hydroxylation sites is 1. The molecule has 0 bridgehead atoms. The van der Waals surface area contributed by atoms with Crippen molar-refractivity contribution in [3.05, 3.63) is 215 Å². The fraction of sp³-hybridized carbons (Fsp3) is 0.0566. The van der Waals surface area contributed by atoms with Crippen LogP contribution < -0.4 is 15.8 Å². The molecule has 0 spiro atoms. The van der Waals surface area contributed by atoms with Gasteiger partial charge in [0.15, 0.2) is 6.17 Å². The van der Waals surface area contributed by atoms with E-state index in [2.05, 4.69) is 169 Å². The maximum Gasteiger partial charge on any atom is 0.169 e. The summed E-state index contributed by atoms with van der Waals surface area (Å²) in [6, 6.07) is 64.5. The Labute approximate surface area is 330 Å². The van der Waals surface area contributed by atoms with E-state index in [1.165, 1.54) is 37.9 Å². The molecule has 1 aliphatic carbocycles. The lowest BCUT2D eigenvalue weighted by molar-refractivity contribution is 0.665. The Morgan fingerprint density at radius 1 is 0.474 bits per heavy atom. The molecular formula is C53H37N3O. The normalized spacial score (nSPS) is 16.3. The molecule has 1 N–H and O–H groups in total. The first-order chi connectivity index (χ1) is 28.2. The molecule has 2 aliphatic rings. The Kier molecular flexibility index (Phi) is 7.99. The Morgan fingerprint density at radius 3 is 1.95 bits per heavy atom. The van der Waals surface area contributed by atoms with E-state index < -0.39 is 6.17 Å². The van der Waals surface area contributed by atoms with Crippen LogP contribution in [0.2, 0.25) is 0 Å². The Hall–Kier alpha value is -7.30. The summed E-state index contributed by atoms with van der Waals surface area (Å²) in [7, 11) is 0. The van der Waals surface area contributed by atoms with Crippen molar-refractivity contribution in [1.82, 2.24) is 5.32 Å². The summed E-state index contributed by atoms with van der Waals surface area (Å²) in [4.78, 5) is 10.6. The molecule has 2 heterocycles. The highest BCUT2D eigenvalue weighted by Crippen LogP contribution is 2.41. The molecule has 4 nitrogen and oxygen atoms in total. The van der Waals surface area contributed by atoms with Gasteiger partial charge in [-0.1, -0.05) is 170 Å². The van der Waals surface area contributed by atoms with Crippen LogP contribution >= 0.6 is 0 Å². The molecule has 0 saturated carbocycles. The number of nitrogens with one attached hydrogen (secondary N) is 1. The van der Waals surface area contributed by atoms with E-state index in [-0.39, 0.29) is 0 Å². The Morgan fingerprint density at radius 2 is 1.12 bits per heavy atom. The van der Waals surface area contributed by atoms with Gasteiger partial charge in [0.05, 0.1) is 0 Å². The molecule has 9 aromatic rings. The molecule has 0 saturated heterocycles. The molecule has 2 unspecified atom stereocenters. The summed E-state index contributed by atoms with van der Waals surface area (Å²) in [6.07, 6.45) is 5.23. The number of nitrogens with zero attached hydrogens (tertiary/aromatic N) is 2. The Balaban J connectivity index is 1.01. The van der Waals surface area contributed by atoms with Crippen LogP contribution in [0, 0.1) is 0 Å². The second kappa shape index (κ2) is 13.8. The number of rotatable bonds is 6. The van der Waals surface area contributed by atoms with E-state index in [1.54, 1.807) is 0 Å². The lowest BCUT2D eigenvalue weighted by atomic mass is 9.90. The monoisotopic (exact) mass is 731 g/mol. The van der Waals surface area contributed by atoms with Gasteiger partial charge in [0.1, 0.15) is 22.8 Å². The van der Waals surface area contributed by atoms with E-state index in [0.717, 1.165) is 67.8 Å². The highest BCUT2D eigenvalue weighted by atomic mass is 16.3. The van der Waals surface area contributed by atoms with Crippen molar-refractivity contribution >= 4 is 56.5 Å². The summed E-state index contributed by atoms with van der Waals surface area (Å²) in [5.41, 5.74) is 10.5. The van der Waals surface area contributed by atoms with Crippen molar-refractivity contribution in [2.24, 2.45) is 9.98 Å². The first kappa shape index (κ1) is 33.1. The van der Waals surface area contributed by atoms with Crippen LogP contribution in [0.25, 0.3) is 67.1 Å². The van der Waals surface area contributed by atoms with Crippen LogP contribution in [-0.4, -0.2) is 11.7 Å². The van der Waals surface area contributed by atoms with Gasteiger partial charge in [0, 0.05) is 33.4 Å². The Bertz CT molecular complexity index is 3180. The minimum Gasteiger partial charge on any atom is -0.456 e. The van der Waals surface area contributed by atoms with E-state index in [9.17, 15) is 0 Å². The third kappa shape index (κ3) is 6.12. The number of benzene rings is 8. The predicted molar refractivity (Wildman–Crippen MR) is 236 cm³/mol. The molecule has 1 aliphatic heterocycles. The van der Waals surface area contributed by atoms with Crippen molar-refractivity contribution in [3.63, 3.8) is 0 Å². The van der Waals surface area contributed by atoms with Gasteiger partial charge in [-0.05, 0) is 79.7 Å². The van der Waals surface area contributed by atoms with Gasteiger partial charge in [0.25, 0.3) is 0 Å². The third-order valence-corrected chi connectivity index (χ3v) is 11.4. The summed E-state index contributed by atoms with van der Waals surface area (Å²) in [5.74, 6) is 1.91. The fourth-order valence-electron chi connectivity index (χ4n) is 8.46. The van der Waals surface area contributed by atoms with Gasteiger partial charge < -0.3 is 9.73 Å².